The van der Waals surface area contributed by atoms with Crippen molar-refractivity contribution in [2.75, 3.05) is 18.4 Å². The number of carbonyl (C=O) groups excluding carboxylic acids is 1. The number of nitrogens with zero attached hydrogens (tertiary/aromatic N) is 1. The molecular formula is C20H21N3O. The molecule has 0 radical (unpaired) electrons. The zero-order valence-electron chi connectivity index (χ0n) is 13.8. The molecule has 1 heterocycles. The molecule has 0 aliphatic heterocycles. The van der Waals surface area contributed by atoms with Gasteiger partial charge in [-0.25, -0.2) is 0 Å². The maximum absolute atomic E-state index is 12.5. The molecule has 0 bridgehead atoms. The SMILES string of the molecule is Cc1cc(C(=O)NCCCNc2ccccc2)c2ccccc2n1. The minimum Gasteiger partial charge on any atom is -0.385 e. The van der Waals surface area contributed by atoms with Crippen LogP contribution in [0.5, 0.6) is 0 Å². The molecule has 0 unspecified atom stereocenters. The number of carbonyl (C=O) groups is 1. The number of pyridine rings is 1. The monoisotopic (exact) mass is 319 g/mol. The van der Waals surface area contributed by atoms with Gasteiger partial charge < -0.3 is 10.6 Å². The van der Waals surface area contributed by atoms with Crippen molar-refractivity contribution in [3.63, 3.8) is 0 Å². The van der Waals surface area contributed by atoms with E-state index in [0.29, 0.717) is 12.1 Å². The molecule has 1 amide bonds. The smallest absolute Gasteiger partial charge is 0.252 e. The summed E-state index contributed by atoms with van der Waals surface area (Å²) in [5.41, 5.74) is 3.49. The van der Waals surface area contributed by atoms with Crippen molar-refractivity contribution in [3.8, 4) is 0 Å². The number of aromatic nitrogens is 1. The molecule has 3 aromatic rings. The highest BCUT2D eigenvalue weighted by atomic mass is 16.1. The quantitative estimate of drug-likeness (QED) is 0.680. The third-order valence-corrected chi connectivity index (χ3v) is 3.83. The number of fused-ring (bicyclic) bond motifs is 1. The van der Waals surface area contributed by atoms with E-state index in [9.17, 15) is 4.79 Å². The Labute approximate surface area is 141 Å². The molecule has 2 N–H and O–H groups in total. The second-order valence-electron chi connectivity index (χ2n) is 5.73. The van der Waals surface area contributed by atoms with Gasteiger partial charge in [-0.1, -0.05) is 36.4 Å². The van der Waals surface area contributed by atoms with Crippen molar-refractivity contribution in [1.82, 2.24) is 10.3 Å². The molecule has 0 fully saturated rings. The lowest BCUT2D eigenvalue weighted by atomic mass is 10.1. The van der Waals surface area contributed by atoms with Gasteiger partial charge in [0.2, 0.25) is 0 Å². The second kappa shape index (κ2) is 7.59. The van der Waals surface area contributed by atoms with Crippen LogP contribution in [0.15, 0.2) is 60.7 Å². The number of nitrogens with one attached hydrogen (secondary N) is 2. The van der Waals surface area contributed by atoms with Crippen molar-refractivity contribution in [2.45, 2.75) is 13.3 Å². The van der Waals surface area contributed by atoms with Crippen LogP contribution >= 0.6 is 0 Å². The van der Waals surface area contributed by atoms with E-state index in [1.807, 2.05) is 67.6 Å². The van der Waals surface area contributed by atoms with E-state index >= 15 is 0 Å². The first-order valence-corrected chi connectivity index (χ1v) is 8.17. The van der Waals surface area contributed by atoms with Gasteiger partial charge >= 0.3 is 0 Å². The van der Waals surface area contributed by atoms with E-state index in [1.54, 1.807) is 0 Å². The second-order valence-corrected chi connectivity index (χ2v) is 5.73. The Balaban J connectivity index is 1.56. The molecular weight excluding hydrogens is 298 g/mol. The fourth-order valence-corrected chi connectivity index (χ4v) is 2.67. The van der Waals surface area contributed by atoms with Crippen LogP contribution in [0.2, 0.25) is 0 Å². The number of para-hydroxylation sites is 2. The lowest BCUT2D eigenvalue weighted by molar-refractivity contribution is 0.0955. The van der Waals surface area contributed by atoms with Gasteiger partial charge in [-0.15, -0.1) is 0 Å². The average Bonchev–Trinajstić information content (AvgIpc) is 2.61. The Morgan fingerprint density at radius 2 is 1.75 bits per heavy atom. The van der Waals surface area contributed by atoms with E-state index in [4.69, 9.17) is 0 Å². The summed E-state index contributed by atoms with van der Waals surface area (Å²) in [7, 11) is 0. The minimum atomic E-state index is -0.0450. The summed E-state index contributed by atoms with van der Waals surface area (Å²) in [6.07, 6.45) is 0.864. The molecule has 2 aromatic carbocycles. The lowest BCUT2D eigenvalue weighted by Gasteiger charge is -2.10. The summed E-state index contributed by atoms with van der Waals surface area (Å²) >= 11 is 0. The van der Waals surface area contributed by atoms with E-state index in [0.717, 1.165) is 35.2 Å². The van der Waals surface area contributed by atoms with Crippen LogP contribution < -0.4 is 10.6 Å². The third kappa shape index (κ3) is 3.90. The van der Waals surface area contributed by atoms with Crippen LogP contribution in [-0.2, 0) is 0 Å². The number of anilines is 1. The predicted molar refractivity (Wildman–Crippen MR) is 98.4 cm³/mol. The Morgan fingerprint density at radius 1 is 1.00 bits per heavy atom. The van der Waals surface area contributed by atoms with Crippen molar-refractivity contribution in [1.29, 1.82) is 0 Å². The van der Waals surface area contributed by atoms with Gasteiger partial charge in [0.15, 0.2) is 0 Å². The van der Waals surface area contributed by atoms with Gasteiger partial charge in [0, 0.05) is 29.9 Å². The molecule has 24 heavy (non-hydrogen) atoms. The Bertz CT molecular complexity index is 831. The first-order chi connectivity index (χ1) is 11.7. The molecule has 0 spiro atoms. The van der Waals surface area contributed by atoms with Gasteiger partial charge in [-0.05, 0) is 37.6 Å². The van der Waals surface area contributed by atoms with Crippen molar-refractivity contribution >= 4 is 22.5 Å². The zero-order chi connectivity index (χ0) is 16.8. The molecule has 4 nitrogen and oxygen atoms in total. The lowest BCUT2D eigenvalue weighted by Crippen LogP contribution is -2.26. The van der Waals surface area contributed by atoms with E-state index in [2.05, 4.69) is 15.6 Å². The summed E-state index contributed by atoms with van der Waals surface area (Å²) in [5.74, 6) is -0.0450. The van der Waals surface area contributed by atoms with Crippen molar-refractivity contribution < 1.29 is 4.79 Å². The van der Waals surface area contributed by atoms with Gasteiger partial charge in [-0.2, -0.15) is 0 Å². The highest BCUT2D eigenvalue weighted by molar-refractivity contribution is 6.06. The van der Waals surface area contributed by atoms with E-state index in [-0.39, 0.29) is 5.91 Å². The van der Waals surface area contributed by atoms with Gasteiger partial charge in [-0.3, -0.25) is 9.78 Å². The first kappa shape index (κ1) is 16.0. The summed E-state index contributed by atoms with van der Waals surface area (Å²) < 4.78 is 0. The topological polar surface area (TPSA) is 54.0 Å². The number of hydrogen-bond donors (Lipinski definition) is 2. The molecule has 0 aliphatic carbocycles. The van der Waals surface area contributed by atoms with E-state index in [1.165, 1.54) is 0 Å². The molecule has 0 aliphatic rings. The maximum Gasteiger partial charge on any atom is 0.252 e. The first-order valence-electron chi connectivity index (χ1n) is 8.17. The summed E-state index contributed by atoms with van der Waals surface area (Å²) in [6, 6.07) is 19.6. The largest absolute Gasteiger partial charge is 0.385 e. The van der Waals surface area contributed by atoms with Gasteiger partial charge in [0.1, 0.15) is 0 Å². The van der Waals surface area contributed by atoms with Crippen LogP contribution in [0.3, 0.4) is 0 Å². The minimum absolute atomic E-state index is 0.0450. The van der Waals surface area contributed by atoms with Crippen molar-refractivity contribution in [2.24, 2.45) is 0 Å². The number of benzene rings is 2. The molecule has 3 rings (SSSR count). The Morgan fingerprint density at radius 3 is 2.58 bits per heavy atom. The fourth-order valence-electron chi connectivity index (χ4n) is 2.67. The van der Waals surface area contributed by atoms with Gasteiger partial charge in [0.05, 0.1) is 11.1 Å². The van der Waals surface area contributed by atoms with Crippen LogP contribution in [0.1, 0.15) is 22.5 Å². The van der Waals surface area contributed by atoms with Crippen LogP contribution in [-0.4, -0.2) is 24.0 Å². The molecule has 0 saturated heterocycles. The highest BCUT2D eigenvalue weighted by Crippen LogP contribution is 2.18. The highest BCUT2D eigenvalue weighted by Gasteiger charge is 2.11. The standard InChI is InChI=1S/C20H21N3O/c1-15-14-18(17-10-5-6-11-19(17)23-15)20(24)22-13-7-12-21-16-8-3-2-4-9-16/h2-6,8-11,14,21H,7,12-13H2,1H3,(H,22,24). The molecule has 0 saturated carbocycles. The number of amides is 1. The number of rotatable bonds is 6. The van der Waals surface area contributed by atoms with Crippen LogP contribution in [0.4, 0.5) is 5.69 Å². The van der Waals surface area contributed by atoms with Crippen molar-refractivity contribution in [3.05, 3.63) is 71.9 Å². The third-order valence-electron chi connectivity index (χ3n) is 3.83. The zero-order valence-corrected chi connectivity index (χ0v) is 13.8. The molecule has 4 heteroatoms. The molecule has 0 atom stereocenters. The number of aryl methyl sites for hydroxylation is 1. The average molecular weight is 319 g/mol. The summed E-state index contributed by atoms with van der Waals surface area (Å²) in [6.45, 7) is 3.36. The van der Waals surface area contributed by atoms with Gasteiger partial charge in [0.25, 0.3) is 5.91 Å². The normalized spacial score (nSPS) is 10.5. The fraction of sp³-hybridized carbons (Fsp3) is 0.200. The summed E-state index contributed by atoms with van der Waals surface area (Å²) in [4.78, 5) is 17.0. The maximum atomic E-state index is 12.5. The predicted octanol–water partition coefficient (Wildman–Crippen LogP) is 3.78. The van der Waals surface area contributed by atoms with Crippen LogP contribution in [0, 0.1) is 6.92 Å². The Hall–Kier alpha value is -2.88. The number of hydrogen-bond acceptors (Lipinski definition) is 3. The summed E-state index contributed by atoms with van der Waals surface area (Å²) in [5, 5.41) is 7.23. The van der Waals surface area contributed by atoms with E-state index < -0.39 is 0 Å². The Kier molecular flexibility index (Phi) is 5.06. The molecule has 122 valence electrons. The molecule has 1 aromatic heterocycles. The van der Waals surface area contributed by atoms with Crippen LogP contribution in [0.25, 0.3) is 10.9 Å².